The van der Waals surface area contributed by atoms with Crippen LogP contribution in [0.3, 0.4) is 0 Å². The van der Waals surface area contributed by atoms with Crippen molar-refractivity contribution in [3.63, 3.8) is 0 Å². The Morgan fingerprint density at radius 3 is 2.29 bits per heavy atom. The molecule has 15 nitrogen and oxygen atoms in total. The lowest BCUT2D eigenvalue weighted by molar-refractivity contribution is -0.301. The number of rotatable bonds is 8. The third-order valence-corrected chi connectivity index (χ3v) is 16.1. The number of esters is 4. The van der Waals surface area contributed by atoms with Gasteiger partial charge in [0.25, 0.3) is 0 Å². The van der Waals surface area contributed by atoms with Crippen LogP contribution in [-0.4, -0.2) is 132 Å². The van der Waals surface area contributed by atoms with Crippen LogP contribution in [0.4, 0.5) is 0 Å². The Balaban J connectivity index is 1.35. The van der Waals surface area contributed by atoms with Crippen molar-refractivity contribution < 1.29 is 68.4 Å². The lowest BCUT2D eigenvalue weighted by atomic mass is 9.49. The smallest absolute Gasteiger partial charge is 0.342 e. The molecule has 56 heavy (non-hydrogen) atoms. The summed E-state index contributed by atoms with van der Waals surface area (Å²) in [4.78, 5) is 54.2. The van der Waals surface area contributed by atoms with E-state index in [1.165, 1.54) is 13.8 Å². The first-order valence-electron chi connectivity index (χ1n) is 20.7. The Bertz CT molecular complexity index is 1620. The number of aliphatic hydroxyl groups excluding tert-OH is 1. The number of aliphatic hydroxyl groups is 5. The first-order chi connectivity index (χ1) is 25.9. The maximum Gasteiger partial charge on any atom is 0.342 e. The van der Waals surface area contributed by atoms with Gasteiger partial charge in [-0.25, -0.2) is 4.79 Å². The van der Waals surface area contributed by atoms with Gasteiger partial charge >= 0.3 is 23.9 Å². The number of hydrogen-bond acceptors (Lipinski definition) is 15. The summed E-state index contributed by atoms with van der Waals surface area (Å²) >= 11 is 0. The minimum atomic E-state index is -2.28. The predicted molar refractivity (Wildman–Crippen MR) is 195 cm³/mol. The molecule has 4 aliphatic carbocycles. The van der Waals surface area contributed by atoms with Crippen LogP contribution in [-0.2, 0) is 42.9 Å². The molecule has 15 heteroatoms. The van der Waals surface area contributed by atoms with E-state index in [1.807, 2.05) is 13.8 Å². The molecule has 0 aromatic rings. The van der Waals surface area contributed by atoms with Crippen molar-refractivity contribution in [1.82, 2.24) is 4.90 Å². The molecule has 5 N–H and O–H groups in total. The van der Waals surface area contributed by atoms with Crippen LogP contribution in [0.5, 0.6) is 0 Å². The average molecular weight is 794 g/mol. The SMILES string of the molecule is CCC(C)C(=O)O[C@H]1C(O)[C@H]2C(CN3C[C@@H](C)CC[C@H]3[C@@]2(C)O)[C@@H]2C[C@@]34O[C@@]5(O)C(C[C@@H](OC(C)=O)C3[C@@]21O)C4(C)CC[C@H]5OC(=O)C(C)(O)C(C)OC(C)=O. The van der Waals surface area contributed by atoms with Crippen LogP contribution >= 0.6 is 0 Å². The van der Waals surface area contributed by atoms with Crippen molar-refractivity contribution in [3.8, 4) is 0 Å². The molecule has 4 bridgehead atoms. The topological polar surface area (TPSA) is 219 Å². The molecule has 4 saturated carbocycles. The van der Waals surface area contributed by atoms with Crippen molar-refractivity contribution in [2.75, 3.05) is 13.1 Å². The number of hydrogen-bond donors (Lipinski definition) is 5. The quantitative estimate of drug-likeness (QED) is 0.174. The highest BCUT2D eigenvalue weighted by Crippen LogP contribution is 2.77. The molecule has 0 amide bonds. The number of ether oxygens (including phenoxy) is 5. The predicted octanol–water partition coefficient (Wildman–Crippen LogP) is 1.61. The van der Waals surface area contributed by atoms with Crippen LogP contribution < -0.4 is 0 Å². The van der Waals surface area contributed by atoms with Crippen LogP contribution in [0.25, 0.3) is 0 Å². The molecule has 3 aliphatic heterocycles. The molecular weight excluding hydrogens is 730 g/mol. The zero-order valence-electron chi connectivity index (χ0n) is 34.2. The van der Waals surface area contributed by atoms with Gasteiger partial charge < -0.3 is 49.2 Å². The Morgan fingerprint density at radius 2 is 1.66 bits per heavy atom. The highest BCUT2D eigenvalue weighted by atomic mass is 16.7. The molecule has 0 aromatic carbocycles. The summed E-state index contributed by atoms with van der Waals surface area (Å²) in [6, 6.07) is -0.275. The largest absolute Gasteiger partial charge is 0.462 e. The van der Waals surface area contributed by atoms with Gasteiger partial charge in [0.2, 0.25) is 5.79 Å². The molecule has 7 aliphatic rings. The Hall–Kier alpha value is -2.40. The van der Waals surface area contributed by atoms with E-state index in [2.05, 4.69) is 11.8 Å². The number of fused-ring (bicyclic) bond motifs is 5. The summed E-state index contributed by atoms with van der Waals surface area (Å²) in [5.74, 6) is -9.57. The lowest BCUT2D eigenvalue weighted by Crippen LogP contribution is -2.77. The fourth-order valence-electron chi connectivity index (χ4n) is 13.1. The summed E-state index contributed by atoms with van der Waals surface area (Å²) in [5, 5.41) is 62.8. The third kappa shape index (κ3) is 5.67. The van der Waals surface area contributed by atoms with Gasteiger partial charge in [0.05, 0.1) is 29.1 Å². The summed E-state index contributed by atoms with van der Waals surface area (Å²) in [7, 11) is 0. The Kier molecular flexibility index (Phi) is 10.1. The number of nitrogens with zero attached hydrogens (tertiary/aromatic N) is 1. The highest BCUT2D eigenvalue weighted by Gasteiger charge is 2.88. The zero-order chi connectivity index (χ0) is 41.3. The Labute approximate surface area is 328 Å². The minimum absolute atomic E-state index is 0.0258. The summed E-state index contributed by atoms with van der Waals surface area (Å²) in [6.45, 7) is 15.4. The highest BCUT2D eigenvalue weighted by molar-refractivity contribution is 5.80. The monoisotopic (exact) mass is 793 g/mol. The van der Waals surface area contributed by atoms with Crippen molar-refractivity contribution in [2.45, 2.75) is 172 Å². The van der Waals surface area contributed by atoms with Gasteiger partial charge in [-0.2, -0.15) is 0 Å². The van der Waals surface area contributed by atoms with E-state index in [0.717, 1.165) is 20.3 Å². The van der Waals surface area contributed by atoms with Gasteiger partial charge in [-0.15, -0.1) is 0 Å². The van der Waals surface area contributed by atoms with Gasteiger partial charge in [-0.3, -0.25) is 19.3 Å². The molecule has 316 valence electrons. The average Bonchev–Trinajstić information content (AvgIpc) is 3.37. The molecule has 0 radical (unpaired) electrons. The van der Waals surface area contributed by atoms with E-state index in [0.29, 0.717) is 38.3 Å². The maximum atomic E-state index is 13.7. The number of piperidine rings is 2. The molecule has 0 aromatic heterocycles. The van der Waals surface area contributed by atoms with E-state index in [9.17, 15) is 44.7 Å². The fourth-order valence-corrected chi connectivity index (χ4v) is 13.1. The Morgan fingerprint density at radius 1 is 0.982 bits per heavy atom. The molecule has 19 atom stereocenters. The van der Waals surface area contributed by atoms with Crippen molar-refractivity contribution >= 4 is 23.9 Å². The summed E-state index contributed by atoms with van der Waals surface area (Å²) in [5.41, 5.74) is -8.17. The van der Waals surface area contributed by atoms with Gasteiger partial charge in [-0.1, -0.05) is 27.7 Å². The van der Waals surface area contributed by atoms with E-state index in [4.69, 9.17) is 23.7 Å². The third-order valence-electron chi connectivity index (χ3n) is 16.1. The van der Waals surface area contributed by atoms with Crippen molar-refractivity contribution in [2.24, 2.45) is 46.8 Å². The molecule has 3 saturated heterocycles. The standard InChI is InChI=1S/C41H63NO14/c1-10-20(3)34(46)55-33-31(45)30-24(18-42-17-19(2)11-12-28(42)38(30,9)49)25-16-39-32(40(25,33)50)26(53-23(6)44)15-27-36(39,7)14-13-29(41(27,51)56-39)54-35(47)37(8,48)21(4)52-22(5)43/h19-21,24-33,45,48-51H,10-18H2,1-9H3/t19-,20?,21?,24?,25-,26+,27?,28-,29+,30+,31?,32?,33-,36?,37?,38+,39+,40-,41-/m0/s1. The molecular formula is C41H63NO14. The molecule has 1 spiro atoms. The summed E-state index contributed by atoms with van der Waals surface area (Å²) in [6.07, 6.45) is -4.21. The minimum Gasteiger partial charge on any atom is -0.462 e. The van der Waals surface area contributed by atoms with E-state index >= 15 is 0 Å². The lowest BCUT2D eigenvalue weighted by Gasteiger charge is -2.64. The normalized spacial score (nSPS) is 49.8. The first kappa shape index (κ1) is 41.7. The van der Waals surface area contributed by atoms with E-state index in [1.54, 1.807) is 13.8 Å². The van der Waals surface area contributed by atoms with E-state index < -0.39 is 124 Å². The van der Waals surface area contributed by atoms with Crippen LogP contribution in [0.15, 0.2) is 0 Å². The van der Waals surface area contributed by atoms with Gasteiger partial charge in [-0.05, 0) is 83.5 Å². The maximum absolute atomic E-state index is 13.7. The van der Waals surface area contributed by atoms with Crippen molar-refractivity contribution in [3.05, 3.63) is 0 Å². The zero-order valence-corrected chi connectivity index (χ0v) is 34.2. The first-order valence-corrected chi connectivity index (χ1v) is 20.7. The molecule has 7 rings (SSSR count). The second-order valence-corrected chi connectivity index (χ2v) is 19.3. The fraction of sp³-hybridized carbons (Fsp3) is 0.902. The van der Waals surface area contributed by atoms with Crippen LogP contribution in [0.1, 0.15) is 107 Å². The number of carbonyl (C=O) groups excluding carboxylic acids is 4. The molecule has 7 fully saturated rings. The van der Waals surface area contributed by atoms with E-state index in [-0.39, 0.29) is 25.3 Å². The second-order valence-electron chi connectivity index (χ2n) is 19.3. The molecule has 3 heterocycles. The van der Waals surface area contributed by atoms with Gasteiger partial charge in [0, 0.05) is 50.2 Å². The van der Waals surface area contributed by atoms with Gasteiger partial charge in [0.15, 0.2) is 17.8 Å². The number of carbonyl (C=O) groups is 4. The van der Waals surface area contributed by atoms with Crippen molar-refractivity contribution in [1.29, 1.82) is 0 Å². The van der Waals surface area contributed by atoms with Crippen LogP contribution in [0, 0.1) is 46.8 Å². The van der Waals surface area contributed by atoms with Gasteiger partial charge in [0.1, 0.15) is 17.8 Å². The second kappa shape index (κ2) is 13.6. The summed E-state index contributed by atoms with van der Waals surface area (Å²) < 4.78 is 30.3. The van der Waals surface area contributed by atoms with Crippen LogP contribution in [0.2, 0.25) is 0 Å². The molecule has 8 unspecified atom stereocenters.